The molecule has 1 aliphatic carbocycles. The fraction of sp³-hybridized carbons (Fsp3) is 0.625. The normalized spacial score (nSPS) is 22.9. The minimum absolute atomic E-state index is 0.165. The molecule has 20 heavy (non-hydrogen) atoms. The number of rotatable bonds is 6. The summed E-state index contributed by atoms with van der Waals surface area (Å²) in [5.74, 6) is -0.377. The fourth-order valence-corrected chi connectivity index (χ4v) is 2.83. The van der Waals surface area contributed by atoms with Crippen LogP contribution < -0.4 is 5.32 Å². The van der Waals surface area contributed by atoms with Gasteiger partial charge in [-0.25, -0.2) is 4.39 Å². The lowest BCUT2D eigenvalue weighted by Crippen LogP contribution is -2.35. The number of hydrogen-bond acceptors (Lipinski definition) is 2. The van der Waals surface area contributed by atoms with Crippen LogP contribution in [0.4, 0.5) is 4.39 Å². The molecule has 4 heteroatoms. The molecular formula is C16H23ClFNO. The van der Waals surface area contributed by atoms with Crippen molar-refractivity contribution in [2.45, 2.75) is 57.8 Å². The Hall–Kier alpha value is -0.640. The van der Waals surface area contributed by atoms with E-state index in [4.69, 9.17) is 16.3 Å². The predicted molar refractivity (Wildman–Crippen MR) is 80.5 cm³/mol. The monoisotopic (exact) mass is 299 g/mol. The molecule has 0 bridgehead atoms. The minimum Gasteiger partial charge on any atom is -0.374 e. The third-order valence-corrected chi connectivity index (χ3v) is 4.12. The van der Waals surface area contributed by atoms with Gasteiger partial charge in [0, 0.05) is 6.04 Å². The van der Waals surface area contributed by atoms with E-state index in [-0.39, 0.29) is 10.8 Å². The topological polar surface area (TPSA) is 21.3 Å². The van der Waals surface area contributed by atoms with E-state index < -0.39 is 0 Å². The zero-order valence-electron chi connectivity index (χ0n) is 12.0. The van der Waals surface area contributed by atoms with Crippen LogP contribution in [0.15, 0.2) is 18.2 Å². The van der Waals surface area contributed by atoms with E-state index in [1.54, 1.807) is 12.1 Å². The van der Waals surface area contributed by atoms with E-state index in [2.05, 4.69) is 12.2 Å². The highest BCUT2D eigenvalue weighted by molar-refractivity contribution is 6.30. The second-order valence-corrected chi connectivity index (χ2v) is 5.89. The molecule has 0 amide bonds. The van der Waals surface area contributed by atoms with Crippen LogP contribution in [0.25, 0.3) is 0 Å². The van der Waals surface area contributed by atoms with Gasteiger partial charge >= 0.3 is 0 Å². The summed E-state index contributed by atoms with van der Waals surface area (Å²) in [4.78, 5) is 0. The van der Waals surface area contributed by atoms with Crippen LogP contribution in [0, 0.1) is 5.82 Å². The molecule has 1 saturated carbocycles. The largest absolute Gasteiger partial charge is 0.374 e. The van der Waals surface area contributed by atoms with Crippen molar-refractivity contribution in [3.63, 3.8) is 0 Å². The Morgan fingerprint density at radius 1 is 1.30 bits per heavy atom. The van der Waals surface area contributed by atoms with Crippen LogP contribution in [-0.2, 0) is 11.3 Å². The first-order valence-corrected chi connectivity index (χ1v) is 7.85. The number of benzene rings is 1. The Bertz CT molecular complexity index is 419. The number of hydrogen-bond donors (Lipinski definition) is 1. The van der Waals surface area contributed by atoms with Gasteiger partial charge in [-0.2, -0.15) is 0 Å². The van der Waals surface area contributed by atoms with Crippen molar-refractivity contribution in [1.29, 1.82) is 0 Å². The first kappa shape index (κ1) is 15.7. The number of nitrogens with one attached hydrogen (secondary N) is 1. The van der Waals surface area contributed by atoms with Crippen LogP contribution in [0.3, 0.4) is 0 Å². The quantitative estimate of drug-likeness (QED) is 0.845. The van der Waals surface area contributed by atoms with Crippen molar-refractivity contribution in [2.24, 2.45) is 0 Å². The van der Waals surface area contributed by atoms with Crippen molar-refractivity contribution >= 4 is 11.6 Å². The molecule has 0 unspecified atom stereocenters. The number of ether oxygens (including phenoxy) is 1. The molecule has 0 radical (unpaired) electrons. The lowest BCUT2D eigenvalue weighted by Gasteiger charge is -2.29. The first-order chi connectivity index (χ1) is 9.69. The van der Waals surface area contributed by atoms with Crippen LogP contribution in [0.5, 0.6) is 0 Å². The second kappa shape index (κ2) is 7.96. The zero-order chi connectivity index (χ0) is 14.4. The van der Waals surface area contributed by atoms with Crippen LogP contribution >= 0.6 is 11.6 Å². The smallest absolute Gasteiger partial charge is 0.141 e. The third kappa shape index (κ3) is 4.72. The Kier molecular flexibility index (Phi) is 6.27. The van der Waals surface area contributed by atoms with Gasteiger partial charge in [-0.05, 0) is 56.3 Å². The Morgan fingerprint density at radius 3 is 2.70 bits per heavy atom. The highest BCUT2D eigenvalue weighted by atomic mass is 35.5. The Labute approximate surface area is 125 Å². The van der Waals surface area contributed by atoms with E-state index >= 15 is 0 Å². The van der Waals surface area contributed by atoms with Crippen molar-refractivity contribution in [3.8, 4) is 0 Å². The predicted octanol–water partition coefficient (Wildman–Crippen LogP) is 4.31. The summed E-state index contributed by atoms with van der Waals surface area (Å²) in [6, 6.07) is 5.42. The summed E-state index contributed by atoms with van der Waals surface area (Å²) in [6.07, 6.45) is 6.04. The Balaban J connectivity index is 1.71. The summed E-state index contributed by atoms with van der Waals surface area (Å²) in [5, 5.41) is 3.73. The van der Waals surface area contributed by atoms with Gasteiger partial charge < -0.3 is 10.1 Å². The van der Waals surface area contributed by atoms with Gasteiger partial charge in [0.15, 0.2) is 0 Å². The van der Waals surface area contributed by atoms with Crippen LogP contribution in [0.2, 0.25) is 5.02 Å². The lowest BCUT2D eigenvalue weighted by atomic mass is 9.93. The van der Waals surface area contributed by atoms with Gasteiger partial charge in [-0.3, -0.25) is 0 Å². The van der Waals surface area contributed by atoms with Gasteiger partial charge in [-0.1, -0.05) is 24.6 Å². The van der Waals surface area contributed by atoms with Crippen LogP contribution in [-0.4, -0.2) is 18.7 Å². The minimum atomic E-state index is -0.377. The lowest BCUT2D eigenvalue weighted by molar-refractivity contribution is 0.0113. The standard InChI is InChI=1S/C16H23ClFNO/c1-2-9-19-13-4-6-14(7-5-13)20-11-12-3-8-16(18)15(17)10-12/h3,8,10,13-14,19H,2,4-7,9,11H2,1H3. The maximum atomic E-state index is 13.1. The van der Waals surface area contributed by atoms with Crippen molar-refractivity contribution < 1.29 is 9.13 Å². The molecule has 0 atom stereocenters. The molecule has 0 saturated heterocycles. The summed E-state index contributed by atoms with van der Waals surface area (Å²) in [7, 11) is 0. The molecule has 2 nitrogen and oxygen atoms in total. The van der Waals surface area contributed by atoms with E-state index in [1.807, 2.05) is 0 Å². The van der Waals surface area contributed by atoms with Crippen LogP contribution in [0.1, 0.15) is 44.6 Å². The maximum absolute atomic E-state index is 13.1. The summed E-state index contributed by atoms with van der Waals surface area (Å²) >= 11 is 5.76. The van der Waals surface area contributed by atoms with Crippen molar-refractivity contribution in [3.05, 3.63) is 34.6 Å². The third-order valence-electron chi connectivity index (χ3n) is 3.83. The first-order valence-electron chi connectivity index (χ1n) is 7.48. The number of halogens is 2. The van der Waals surface area contributed by atoms with E-state index in [0.29, 0.717) is 18.8 Å². The molecule has 0 heterocycles. The molecule has 1 aliphatic rings. The molecular weight excluding hydrogens is 277 g/mol. The van der Waals surface area contributed by atoms with Crippen molar-refractivity contribution in [2.75, 3.05) is 6.54 Å². The molecule has 112 valence electrons. The van der Waals surface area contributed by atoms with Gasteiger partial charge in [0.1, 0.15) is 5.82 Å². The van der Waals surface area contributed by atoms with Gasteiger partial charge in [0.2, 0.25) is 0 Å². The van der Waals surface area contributed by atoms with Crippen molar-refractivity contribution in [1.82, 2.24) is 5.32 Å². The molecule has 2 rings (SSSR count). The molecule has 0 aromatic heterocycles. The average molecular weight is 300 g/mol. The second-order valence-electron chi connectivity index (χ2n) is 5.49. The fourth-order valence-electron chi connectivity index (χ4n) is 2.63. The average Bonchev–Trinajstić information content (AvgIpc) is 2.47. The zero-order valence-corrected chi connectivity index (χ0v) is 12.8. The van der Waals surface area contributed by atoms with E-state index in [0.717, 1.165) is 24.9 Å². The highest BCUT2D eigenvalue weighted by Crippen LogP contribution is 2.23. The van der Waals surface area contributed by atoms with Gasteiger partial charge in [-0.15, -0.1) is 0 Å². The maximum Gasteiger partial charge on any atom is 0.141 e. The molecule has 1 fully saturated rings. The SMILES string of the molecule is CCCNC1CCC(OCc2ccc(F)c(Cl)c2)CC1. The summed E-state index contributed by atoms with van der Waals surface area (Å²) in [6.45, 7) is 3.80. The molecule has 0 aliphatic heterocycles. The van der Waals surface area contributed by atoms with E-state index in [9.17, 15) is 4.39 Å². The summed E-state index contributed by atoms with van der Waals surface area (Å²) in [5.41, 5.74) is 0.933. The molecule has 1 aromatic carbocycles. The summed E-state index contributed by atoms with van der Waals surface area (Å²) < 4.78 is 19.0. The molecule has 1 aromatic rings. The van der Waals surface area contributed by atoms with Gasteiger partial charge in [0.25, 0.3) is 0 Å². The highest BCUT2D eigenvalue weighted by Gasteiger charge is 2.21. The van der Waals surface area contributed by atoms with Gasteiger partial charge in [0.05, 0.1) is 17.7 Å². The molecule has 1 N–H and O–H groups in total. The molecule has 0 spiro atoms. The Morgan fingerprint density at radius 2 is 2.05 bits per heavy atom. The van der Waals surface area contributed by atoms with E-state index in [1.165, 1.54) is 25.3 Å².